The highest BCUT2D eigenvalue weighted by molar-refractivity contribution is 5.98. The zero-order chi connectivity index (χ0) is 13.0. The summed E-state index contributed by atoms with van der Waals surface area (Å²) in [7, 11) is 0. The lowest BCUT2D eigenvalue weighted by molar-refractivity contribution is -0.139. The molecule has 0 N–H and O–H groups in total. The predicted molar refractivity (Wildman–Crippen MR) is 66.3 cm³/mol. The molecule has 0 saturated heterocycles. The van der Waals surface area contributed by atoms with Crippen LogP contribution >= 0.6 is 0 Å². The van der Waals surface area contributed by atoms with Crippen molar-refractivity contribution < 1.29 is 14.3 Å². The molecule has 1 aromatic rings. The van der Waals surface area contributed by atoms with Crippen LogP contribution in [0.25, 0.3) is 0 Å². The van der Waals surface area contributed by atoms with Gasteiger partial charge in [0.2, 0.25) is 5.91 Å². The summed E-state index contributed by atoms with van der Waals surface area (Å²) in [6.45, 7) is 2.56. The molecule has 1 aliphatic rings. The average Bonchev–Trinajstić information content (AvgIpc) is 2.73. The largest absolute Gasteiger partial charge is 0.463 e. The summed E-state index contributed by atoms with van der Waals surface area (Å²) in [6.07, 6.45) is 1.72. The minimum absolute atomic E-state index is 0.0677. The number of hydrogen-bond acceptors (Lipinski definition) is 3. The first kappa shape index (κ1) is 12.4. The summed E-state index contributed by atoms with van der Waals surface area (Å²) in [5, 5.41) is 0. The van der Waals surface area contributed by atoms with Crippen LogP contribution in [-0.2, 0) is 20.9 Å². The standard InChI is InChI=1S/C14H15NO3/c1-2-18-14(17)12-8-13(16)15(10-12)9-11-6-4-3-5-7-11/h3-7,10H,2,8-9H2,1H3. The van der Waals surface area contributed by atoms with Crippen LogP contribution in [0.1, 0.15) is 18.9 Å². The number of nitrogens with zero attached hydrogens (tertiary/aromatic N) is 1. The Morgan fingerprint density at radius 1 is 1.33 bits per heavy atom. The summed E-state index contributed by atoms with van der Waals surface area (Å²) < 4.78 is 4.89. The monoisotopic (exact) mass is 245 g/mol. The number of benzene rings is 1. The molecule has 0 aromatic heterocycles. The van der Waals surface area contributed by atoms with Gasteiger partial charge in [0, 0.05) is 6.20 Å². The van der Waals surface area contributed by atoms with Crippen LogP contribution in [0.5, 0.6) is 0 Å². The maximum atomic E-state index is 11.8. The van der Waals surface area contributed by atoms with Crippen molar-refractivity contribution in [2.75, 3.05) is 6.61 Å². The highest BCUT2D eigenvalue weighted by Gasteiger charge is 2.26. The molecule has 4 nitrogen and oxygen atoms in total. The van der Waals surface area contributed by atoms with Crippen LogP contribution in [-0.4, -0.2) is 23.4 Å². The van der Waals surface area contributed by atoms with E-state index in [9.17, 15) is 9.59 Å². The molecular formula is C14H15NO3. The van der Waals surface area contributed by atoms with E-state index in [0.29, 0.717) is 18.7 Å². The second-order valence-corrected chi connectivity index (χ2v) is 4.06. The van der Waals surface area contributed by atoms with Gasteiger partial charge in [0.25, 0.3) is 0 Å². The highest BCUT2D eigenvalue weighted by Crippen LogP contribution is 2.19. The summed E-state index contributed by atoms with van der Waals surface area (Å²) in [4.78, 5) is 24.8. The molecule has 0 unspecified atom stereocenters. The second kappa shape index (κ2) is 5.49. The Hall–Kier alpha value is -2.10. The Morgan fingerprint density at radius 2 is 2.06 bits per heavy atom. The molecule has 94 valence electrons. The Kier molecular flexibility index (Phi) is 3.77. The third kappa shape index (κ3) is 2.77. The number of carbonyl (C=O) groups is 2. The molecule has 1 heterocycles. The van der Waals surface area contributed by atoms with Gasteiger partial charge in [-0.3, -0.25) is 4.79 Å². The van der Waals surface area contributed by atoms with Gasteiger partial charge in [-0.25, -0.2) is 4.79 Å². The van der Waals surface area contributed by atoms with E-state index < -0.39 is 5.97 Å². The highest BCUT2D eigenvalue weighted by atomic mass is 16.5. The van der Waals surface area contributed by atoms with E-state index in [0.717, 1.165) is 5.56 Å². The van der Waals surface area contributed by atoms with Gasteiger partial charge in [0.15, 0.2) is 0 Å². The maximum Gasteiger partial charge on any atom is 0.336 e. The topological polar surface area (TPSA) is 46.6 Å². The van der Waals surface area contributed by atoms with Gasteiger partial charge in [-0.15, -0.1) is 0 Å². The quantitative estimate of drug-likeness (QED) is 0.761. The molecule has 18 heavy (non-hydrogen) atoms. The fraction of sp³-hybridized carbons (Fsp3) is 0.286. The van der Waals surface area contributed by atoms with Crippen molar-refractivity contribution in [2.45, 2.75) is 19.9 Å². The fourth-order valence-electron chi connectivity index (χ4n) is 1.83. The normalized spacial score (nSPS) is 14.6. The van der Waals surface area contributed by atoms with Crippen LogP contribution < -0.4 is 0 Å². The number of esters is 1. The molecule has 0 aliphatic carbocycles. The third-order valence-corrected chi connectivity index (χ3v) is 2.71. The van der Waals surface area contributed by atoms with Crippen LogP contribution in [0.3, 0.4) is 0 Å². The average molecular weight is 245 g/mol. The van der Waals surface area contributed by atoms with E-state index in [1.165, 1.54) is 0 Å². The van der Waals surface area contributed by atoms with Gasteiger partial charge >= 0.3 is 5.97 Å². The Balaban J connectivity index is 2.06. The summed E-state index contributed by atoms with van der Waals surface area (Å²) >= 11 is 0. The lowest BCUT2D eigenvalue weighted by Crippen LogP contribution is -2.20. The fourth-order valence-corrected chi connectivity index (χ4v) is 1.83. The van der Waals surface area contributed by atoms with Crippen molar-refractivity contribution in [2.24, 2.45) is 0 Å². The van der Waals surface area contributed by atoms with E-state index in [2.05, 4.69) is 0 Å². The van der Waals surface area contributed by atoms with Gasteiger partial charge in [0.1, 0.15) is 0 Å². The van der Waals surface area contributed by atoms with Crippen LogP contribution in [0, 0.1) is 0 Å². The van der Waals surface area contributed by atoms with Crippen LogP contribution in [0.2, 0.25) is 0 Å². The third-order valence-electron chi connectivity index (χ3n) is 2.71. The number of amides is 1. The Bertz CT molecular complexity index is 479. The second-order valence-electron chi connectivity index (χ2n) is 4.06. The first-order valence-electron chi connectivity index (χ1n) is 5.92. The molecule has 0 atom stereocenters. The minimum atomic E-state index is -0.401. The van der Waals surface area contributed by atoms with Crippen molar-refractivity contribution in [3.05, 3.63) is 47.7 Å². The van der Waals surface area contributed by atoms with Gasteiger partial charge in [-0.2, -0.15) is 0 Å². The molecule has 0 spiro atoms. The minimum Gasteiger partial charge on any atom is -0.463 e. The summed E-state index contributed by atoms with van der Waals surface area (Å²) in [5.41, 5.74) is 1.46. The van der Waals surface area contributed by atoms with Gasteiger partial charge in [-0.1, -0.05) is 30.3 Å². The summed E-state index contributed by atoms with van der Waals surface area (Å²) in [5.74, 6) is -0.469. The van der Waals surface area contributed by atoms with E-state index in [-0.39, 0.29) is 12.3 Å². The van der Waals surface area contributed by atoms with E-state index in [4.69, 9.17) is 4.74 Å². The smallest absolute Gasteiger partial charge is 0.336 e. The van der Waals surface area contributed by atoms with Crippen LogP contribution in [0.15, 0.2) is 42.1 Å². The molecule has 0 fully saturated rings. The predicted octanol–water partition coefficient (Wildman–Crippen LogP) is 1.87. The zero-order valence-electron chi connectivity index (χ0n) is 10.3. The van der Waals surface area contributed by atoms with Crippen molar-refractivity contribution in [3.63, 3.8) is 0 Å². The van der Waals surface area contributed by atoms with Gasteiger partial charge < -0.3 is 9.64 Å². The van der Waals surface area contributed by atoms with E-state index >= 15 is 0 Å². The molecule has 1 aliphatic heterocycles. The molecule has 2 rings (SSSR count). The van der Waals surface area contributed by atoms with Crippen molar-refractivity contribution >= 4 is 11.9 Å². The van der Waals surface area contributed by atoms with Crippen LogP contribution in [0.4, 0.5) is 0 Å². The van der Waals surface area contributed by atoms with Crippen molar-refractivity contribution in [1.82, 2.24) is 4.90 Å². The lowest BCUT2D eigenvalue weighted by atomic mass is 10.2. The number of ether oxygens (including phenoxy) is 1. The maximum absolute atomic E-state index is 11.8. The van der Waals surface area contributed by atoms with E-state index in [1.807, 2.05) is 30.3 Å². The first-order chi connectivity index (χ1) is 8.70. The summed E-state index contributed by atoms with van der Waals surface area (Å²) in [6, 6.07) is 9.67. The molecule has 1 amide bonds. The van der Waals surface area contributed by atoms with E-state index in [1.54, 1.807) is 18.0 Å². The lowest BCUT2D eigenvalue weighted by Gasteiger charge is -2.12. The van der Waals surface area contributed by atoms with Crippen molar-refractivity contribution in [1.29, 1.82) is 0 Å². The Morgan fingerprint density at radius 3 is 2.72 bits per heavy atom. The number of hydrogen-bond donors (Lipinski definition) is 0. The molecule has 1 aromatic carbocycles. The molecule has 0 bridgehead atoms. The SMILES string of the molecule is CCOC(=O)C1=CN(Cc2ccccc2)C(=O)C1. The Labute approximate surface area is 106 Å². The zero-order valence-corrected chi connectivity index (χ0v) is 10.3. The van der Waals surface area contributed by atoms with Gasteiger partial charge in [0.05, 0.1) is 25.1 Å². The molecule has 0 radical (unpaired) electrons. The first-order valence-corrected chi connectivity index (χ1v) is 5.92. The number of carbonyl (C=O) groups excluding carboxylic acids is 2. The molecular weight excluding hydrogens is 230 g/mol. The van der Waals surface area contributed by atoms with Crippen molar-refractivity contribution in [3.8, 4) is 0 Å². The molecule has 4 heteroatoms. The molecule has 0 saturated carbocycles. The number of rotatable bonds is 4. The van der Waals surface area contributed by atoms with Gasteiger partial charge in [-0.05, 0) is 12.5 Å².